The number of rotatable bonds is 5. The van der Waals surface area contributed by atoms with Gasteiger partial charge >= 0.3 is 0 Å². The second-order valence-electron chi connectivity index (χ2n) is 6.44. The lowest BCUT2D eigenvalue weighted by atomic mass is 10.0. The Morgan fingerprint density at radius 2 is 2.04 bits per heavy atom. The third-order valence-corrected chi connectivity index (χ3v) is 5.72. The number of likely N-dealkylation sites (tertiary alicyclic amines) is 1. The van der Waals surface area contributed by atoms with Crippen LogP contribution in [0.4, 0.5) is 5.69 Å². The summed E-state index contributed by atoms with van der Waals surface area (Å²) >= 11 is 1.38. The average Bonchev–Trinajstić information content (AvgIpc) is 2.67. The third-order valence-electron chi connectivity index (χ3n) is 4.73. The molecule has 0 aliphatic carbocycles. The Kier molecular flexibility index (Phi) is 7.88. The molecule has 1 aromatic rings. The number of carbonyl (C=O) groups excluding carboxylic acids is 2. The Bertz CT molecular complexity index is 688. The number of nitrogens with zero attached hydrogens (tertiary/aromatic N) is 3. The number of nitro groups is 1. The van der Waals surface area contributed by atoms with Gasteiger partial charge in [-0.3, -0.25) is 19.7 Å². The predicted molar refractivity (Wildman–Crippen MR) is 105 cm³/mol. The zero-order valence-electron chi connectivity index (χ0n) is 14.8. The molecule has 8 nitrogen and oxygen atoms in total. The van der Waals surface area contributed by atoms with Crippen LogP contribution in [0.25, 0.3) is 0 Å². The van der Waals surface area contributed by atoms with Crippen molar-refractivity contribution in [3.63, 3.8) is 0 Å². The van der Waals surface area contributed by atoms with Gasteiger partial charge in [0, 0.05) is 49.2 Å². The smallest absolute Gasteiger partial charge is 0.269 e. The fraction of sp³-hybridized carbons (Fsp3) is 0.529. The summed E-state index contributed by atoms with van der Waals surface area (Å²) in [6.07, 6.45) is 1.83. The summed E-state index contributed by atoms with van der Waals surface area (Å²) in [6.45, 7) is 3.18. The molecule has 0 saturated carbocycles. The summed E-state index contributed by atoms with van der Waals surface area (Å²) in [5.41, 5.74) is 0.0419. The van der Waals surface area contributed by atoms with Crippen LogP contribution < -0.4 is 5.32 Å². The molecule has 2 saturated heterocycles. The number of hydrogen-bond acceptors (Lipinski definition) is 6. The Balaban J connectivity index is 0.00000261. The molecule has 2 aliphatic rings. The molecule has 2 amide bonds. The number of amides is 2. The molecule has 10 heteroatoms. The van der Waals surface area contributed by atoms with Crippen molar-refractivity contribution >= 4 is 41.7 Å². The summed E-state index contributed by atoms with van der Waals surface area (Å²) < 4.78 is 0. The summed E-state index contributed by atoms with van der Waals surface area (Å²) in [5, 5.41) is 13.7. The van der Waals surface area contributed by atoms with Crippen LogP contribution in [0.5, 0.6) is 0 Å². The van der Waals surface area contributed by atoms with Gasteiger partial charge in [-0.1, -0.05) is 0 Å². The quantitative estimate of drug-likeness (QED) is 0.446. The molecule has 2 fully saturated rings. The van der Waals surface area contributed by atoms with Crippen LogP contribution in [0.15, 0.2) is 29.2 Å². The molecule has 1 atom stereocenters. The van der Waals surface area contributed by atoms with E-state index in [1.54, 1.807) is 12.1 Å². The van der Waals surface area contributed by atoms with E-state index in [1.165, 1.54) is 23.9 Å². The molecule has 0 aromatic heterocycles. The number of hydrogen-bond donors (Lipinski definition) is 1. The number of piperidine rings is 1. The van der Waals surface area contributed by atoms with Crippen LogP contribution in [0.2, 0.25) is 0 Å². The van der Waals surface area contributed by atoms with Crippen molar-refractivity contribution in [1.29, 1.82) is 0 Å². The normalized spacial score (nSPS) is 20.1. The number of nitrogens with one attached hydrogen (secondary N) is 1. The molecule has 2 heterocycles. The maximum absolute atomic E-state index is 12.5. The molecule has 1 aromatic carbocycles. The Morgan fingerprint density at radius 3 is 2.70 bits per heavy atom. The summed E-state index contributed by atoms with van der Waals surface area (Å²) in [7, 11) is 0. The summed E-state index contributed by atoms with van der Waals surface area (Å²) in [5.74, 6) is 0.441. The largest absolute Gasteiger partial charge is 0.340 e. The van der Waals surface area contributed by atoms with Crippen LogP contribution in [-0.4, -0.2) is 71.1 Å². The van der Waals surface area contributed by atoms with Gasteiger partial charge in [-0.2, -0.15) is 0 Å². The Morgan fingerprint density at radius 1 is 1.30 bits per heavy atom. The monoisotopic (exact) mass is 414 g/mol. The second kappa shape index (κ2) is 9.91. The van der Waals surface area contributed by atoms with Crippen LogP contribution in [0.1, 0.15) is 12.8 Å². The van der Waals surface area contributed by atoms with Crippen molar-refractivity contribution in [3.8, 4) is 0 Å². The first-order valence-corrected chi connectivity index (χ1v) is 9.68. The van der Waals surface area contributed by atoms with E-state index in [4.69, 9.17) is 0 Å². The van der Waals surface area contributed by atoms with Crippen molar-refractivity contribution in [2.24, 2.45) is 0 Å². The maximum atomic E-state index is 12.5. The fourth-order valence-corrected chi connectivity index (χ4v) is 4.14. The molecular weight excluding hydrogens is 392 g/mol. The van der Waals surface area contributed by atoms with Crippen molar-refractivity contribution in [2.75, 3.05) is 38.5 Å². The van der Waals surface area contributed by atoms with Gasteiger partial charge in [-0.15, -0.1) is 24.2 Å². The van der Waals surface area contributed by atoms with Gasteiger partial charge in [0.05, 0.1) is 17.2 Å². The van der Waals surface area contributed by atoms with Crippen LogP contribution in [0, 0.1) is 10.1 Å². The van der Waals surface area contributed by atoms with E-state index in [0.717, 1.165) is 30.8 Å². The zero-order valence-corrected chi connectivity index (χ0v) is 16.5. The first-order chi connectivity index (χ1) is 12.5. The fourth-order valence-electron chi connectivity index (χ4n) is 3.34. The molecule has 2 aliphatic heterocycles. The van der Waals surface area contributed by atoms with Crippen LogP contribution in [-0.2, 0) is 9.59 Å². The molecule has 27 heavy (non-hydrogen) atoms. The summed E-state index contributed by atoms with van der Waals surface area (Å²) in [6, 6.07) is 6.31. The topological polar surface area (TPSA) is 95.8 Å². The minimum Gasteiger partial charge on any atom is -0.340 e. The van der Waals surface area contributed by atoms with Gasteiger partial charge < -0.3 is 15.1 Å². The lowest BCUT2D eigenvalue weighted by Crippen LogP contribution is -2.57. The van der Waals surface area contributed by atoms with Crippen molar-refractivity contribution in [3.05, 3.63) is 34.4 Å². The van der Waals surface area contributed by atoms with E-state index in [9.17, 15) is 19.7 Å². The minimum absolute atomic E-state index is 0. The van der Waals surface area contributed by atoms with E-state index in [2.05, 4.69) is 5.32 Å². The number of nitro benzene ring substituents is 1. The lowest BCUT2D eigenvalue weighted by Gasteiger charge is -2.41. The molecule has 0 spiro atoms. The van der Waals surface area contributed by atoms with Gasteiger partial charge in [0.1, 0.15) is 0 Å². The van der Waals surface area contributed by atoms with Gasteiger partial charge in [-0.25, -0.2) is 0 Å². The van der Waals surface area contributed by atoms with Gasteiger partial charge in [0.25, 0.3) is 5.69 Å². The number of benzene rings is 1. The van der Waals surface area contributed by atoms with E-state index in [0.29, 0.717) is 25.4 Å². The average molecular weight is 415 g/mol. The van der Waals surface area contributed by atoms with E-state index in [1.807, 2.05) is 9.80 Å². The van der Waals surface area contributed by atoms with Gasteiger partial charge in [0.2, 0.25) is 11.8 Å². The number of halogens is 1. The van der Waals surface area contributed by atoms with Crippen molar-refractivity contribution in [1.82, 2.24) is 15.1 Å². The number of thioether (sulfide) groups is 1. The predicted octanol–water partition coefficient (Wildman–Crippen LogP) is 1.53. The van der Waals surface area contributed by atoms with E-state index in [-0.39, 0.29) is 36.0 Å². The number of piperazine rings is 1. The third kappa shape index (κ3) is 5.57. The van der Waals surface area contributed by atoms with Gasteiger partial charge in [0.15, 0.2) is 0 Å². The first-order valence-electron chi connectivity index (χ1n) is 8.70. The highest BCUT2D eigenvalue weighted by Gasteiger charge is 2.31. The van der Waals surface area contributed by atoms with Crippen LogP contribution >= 0.6 is 24.2 Å². The molecule has 0 bridgehead atoms. The van der Waals surface area contributed by atoms with Gasteiger partial charge in [-0.05, 0) is 25.0 Å². The Hall–Kier alpha value is -1.84. The highest BCUT2D eigenvalue weighted by molar-refractivity contribution is 8.00. The van der Waals surface area contributed by atoms with E-state index >= 15 is 0 Å². The zero-order chi connectivity index (χ0) is 18.5. The molecule has 1 N–H and O–H groups in total. The van der Waals surface area contributed by atoms with E-state index < -0.39 is 4.92 Å². The van der Waals surface area contributed by atoms with Crippen LogP contribution in [0.3, 0.4) is 0 Å². The minimum atomic E-state index is -0.440. The molecule has 148 valence electrons. The standard InChI is InChI=1S/C17H22N4O4S.ClH/c22-16-10-18-7-9-20(16)14-2-1-8-19(11-14)17(23)12-26-15-5-3-13(4-6-15)21(24)25;/h3-6,14,18H,1-2,7-12H2;1H. The highest BCUT2D eigenvalue weighted by atomic mass is 35.5. The SMILES string of the molecule is Cl.O=C(CSc1ccc([N+](=O)[O-])cc1)N1CCCC(N2CCNCC2=O)C1. The highest BCUT2D eigenvalue weighted by Crippen LogP contribution is 2.23. The molecule has 1 unspecified atom stereocenters. The lowest BCUT2D eigenvalue weighted by molar-refractivity contribution is -0.384. The summed E-state index contributed by atoms with van der Waals surface area (Å²) in [4.78, 5) is 39.4. The molecular formula is C17H23ClN4O4S. The van der Waals surface area contributed by atoms with Crippen molar-refractivity contribution < 1.29 is 14.5 Å². The second-order valence-corrected chi connectivity index (χ2v) is 7.49. The molecule has 3 rings (SSSR count). The van der Waals surface area contributed by atoms with Crippen molar-refractivity contribution in [2.45, 2.75) is 23.8 Å². The maximum Gasteiger partial charge on any atom is 0.269 e. The first kappa shape index (κ1) is 21.5. The Labute approximate surface area is 168 Å². The number of carbonyl (C=O) groups is 2. The number of non-ortho nitro benzene ring substituents is 1. The molecule has 0 radical (unpaired) electrons.